The van der Waals surface area contributed by atoms with Crippen LogP contribution in [0.2, 0.25) is 0 Å². The van der Waals surface area contributed by atoms with Gasteiger partial charge in [0.15, 0.2) is 6.61 Å². The van der Waals surface area contributed by atoms with Crippen molar-refractivity contribution in [1.29, 1.82) is 0 Å². The molecule has 206 valence electrons. The molecular weight excluding hydrogens is 472 g/mol. The zero-order chi connectivity index (χ0) is 26.2. The van der Waals surface area contributed by atoms with E-state index in [0.29, 0.717) is 11.8 Å². The number of aliphatic hydroxyl groups excluding tert-OH is 1. The van der Waals surface area contributed by atoms with Crippen LogP contribution in [-0.4, -0.2) is 49.3 Å². The summed E-state index contributed by atoms with van der Waals surface area (Å²) in [7, 11) is 1.36. The van der Waals surface area contributed by atoms with Crippen molar-refractivity contribution >= 4 is 12.1 Å². The number of ether oxygens (including phenoxy) is 4. The van der Waals surface area contributed by atoms with Crippen molar-refractivity contribution in [1.82, 2.24) is 0 Å². The van der Waals surface area contributed by atoms with Gasteiger partial charge < -0.3 is 24.1 Å². The van der Waals surface area contributed by atoms with Gasteiger partial charge in [-0.1, -0.05) is 31.9 Å². The number of benzene rings is 1. The summed E-state index contributed by atoms with van der Waals surface area (Å²) in [6.45, 7) is 2.04. The molecule has 7 heteroatoms. The maximum absolute atomic E-state index is 12.6. The first-order chi connectivity index (χ1) is 18.0. The average Bonchev–Trinajstić information content (AvgIpc) is 3.53. The summed E-state index contributed by atoms with van der Waals surface area (Å²) in [5.41, 5.74) is 2.37. The van der Waals surface area contributed by atoms with Crippen LogP contribution in [0, 0.1) is 11.8 Å². The first-order valence-corrected chi connectivity index (χ1v) is 14.3. The Morgan fingerprint density at radius 2 is 1.92 bits per heavy atom. The minimum absolute atomic E-state index is 0.00994. The molecule has 0 heterocycles. The largest absolute Gasteiger partial charge is 0.508 e. The Hall–Kier alpha value is -2.28. The molecule has 3 aliphatic rings. The van der Waals surface area contributed by atoms with E-state index in [2.05, 4.69) is 13.0 Å². The molecule has 37 heavy (non-hydrogen) atoms. The van der Waals surface area contributed by atoms with Gasteiger partial charge in [-0.2, -0.15) is 0 Å². The third-order valence-electron chi connectivity index (χ3n) is 8.58. The number of fused-ring (bicyclic) bond motifs is 2. The van der Waals surface area contributed by atoms with E-state index in [0.717, 1.165) is 94.8 Å². The highest BCUT2D eigenvalue weighted by atomic mass is 16.7. The second-order valence-electron chi connectivity index (χ2n) is 11.1. The number of methoxy groups -OCH3 is 1. The zero-order valence-electron chi connectivity index (χ0n) is 22.5. The number of rotatable bonds is 12. The summed E-state index contributed by atoms with van der Waals surface area (Å²) in [4.78, 5) is 24.4. The van der Waals surface area contributed by atoms with Crippen molar-refractivity contribution in [3.63, 3.8) is 0 Å². The van der Waals surface area contributed by atoms with Crippen molar-refractivity contribution in [2.45, 2.75) is 115 Å². The Kier molecular flexibility index (Phi) is 10.1. The number of hydrogen-bond donors (Lipinski definition) is 1. The Balaban J connectivity index is 1.49. The van der Waals surface area contributed by atoms with Gasteiger partial charge in [0.25, 0.3) is 0 Å². The van der Waals surface area contributed by atoms with Gasteiger partial charge in [0.05, 0.1) is 13.2 Å². The number of carbonyl (C=O) groups excluding carboxylic acids is 2. The van der Waals surface area contributed by atoms with Crippen molar-refractivity contribution in [3.05, 3.63) is 29.3 Å². The molecule has 3 aliphatic carbocycles. The third-order valence-corrected chi connectivity index (χ3v) is 8.58. The van der Waals surface area contributed by atoms with Gasteiger partial charge in [-0.15, -0.1) is 0 Å². The second-order valence-corrected chi connectivity index (χ2v) is 11.1. The molecule has 1 aromatic carbocycles. The molecule has 0 spiro atoms. The van der Waals surface area contributed by atoms with E-state index in [1.807, 2.05) is 12.1 Å². The average molecular weight is 517 g/mol. The molecule has 1 aromatic rings. The highest BCUT2D eigenvalue weighted by Crippen LogP contribution is 2.52. The smallest absolute Gasteiger partial charge is 0.482 e. The first kappa shape index (κ1) is 27.7. The molecular formula is C30H44O7. The molecule has 7 nitrogen and oxygen atoms in total. The summed E-state index contributed by atoms with van der Waals surface area (Å²) in [5.74, 6) is 1.24. The lowest BCUT2D eigenvalue weighted by atomic mass is 9.68. The maximum Gasteiger partial charge on any atom is 0.508 e. The summed E-state index contributed by atoms with van der Waals surface area (Å²) < 4.78 is 22.2. The van der Waals surface area contributed by atoms with Crippen molar-refractivity contribution in [2.24, 2.45) is 11.8 Å². The topological polar surface area (TPSA) is 91.3 Å². The standard InChI is InChI=1S/C30H44O7/c1-3-4-5-10-24(37-30(33)36-23-11-6-7-12-23)14-15-25-26-18-22(31)17-21(26)16-20-9-8-13-27(29(20)25)35-19-28(32)34-2/h8-9,13,21-26,31H,3-7,10-12,14-19H2,1-2H3. The lowest BCUT2D eigenvalue weighted by Gasteiger charge is -2.37. The van der Waals surface area contributed by atoms with E-state index in [9.17, 15) is 14.7 Å². The lowest BCUT2D eigenvalue weighted by Crippen LogP contribution is -2.29. The predicted octanol–water partition coefficient (Wildman–Crippen LogP) is 6.09. The fourth-order valence-electron chi connectivity index (χ4n) is 6.78. The van der Waals surface area contributed by atoms with Gasteiger partial charge in [0.2, 0.25) is 0 Å². The molecule has 0 bridgehead atoms. The van der Waals surface area contributed by atoms with Crippen LogP contribution < -0.4 is 4.74 Å². The van der Waals surface area contributed by atoms with Crippen molar-refractivity contribution in [3.8, 4) is 5.75 Å². The van der Waals surface area contributed by atoms with Gasteiger partial charge in [0.1, 0.15) is 18.0 Å². The van der Waals surface area contributed by atoms with Crippen LogP contribution >= 0.6 is 0 Å². The SMILES string of the molecule is CCCCCC(CCC1c2c(cccc2OCC(=O)OC)CC2CC(O)CC21)OC(=O)OC1CCCC1. The van der Waals surface area contributed by atoms with E-state index >= 15 is 0 Å². The normalized spacial score (nSPS) is 25.7. The van der Waals surface area contributed by atoms with Crippen molar-refractivity contribution in [2.75, 3.05) is 13.7 Å². The molecule has 2 saturated carbocycles. The Bertz CT molecular complexity index is 894. The number of esters is 1. The van der Waals surface area contributed by atoms with Gasteiger partial charge in [-0.05, 0) is 100 Å². The zero-order valence-corrected chi connectivity index (χ0v) is 22.5. The lowest BCUT2D eigenvalue weighted by molar-refractivity contribution is -0.142. The van der Waals surface area contributed by atoms with E-state index in [4.69, 9.17) is 18.9 Å². The predicted molar refractivity (Wildman–Crippen MR) is 140 cm³/mol. The summed E-state index contributed by atoms with van der Waals surface area (Å²) >= 11 is 0. The molecule has 0 aromatic heterocycles. The number of unbranched alkanes of at least 4 members (excludes halogenated alkanes) is 2. The molecule has 0 aliphatic heterocycles. The van der Waals surface area contributed by atoms with Gasteiger partial charge in [-0.25, -0.2) is 9.59 Å². The fourth-order valence-corrected chi connectivity index (χ4v) is 6.78. The van der Waals surface area contributed by atoms with Crippen LogP contribution in [-0.2, 0) is 25.4 Å². The minimum Gasteiger partial charge on any atom is -0.482 e. The fraction of sp³-hybridized carbons (Fsp3) is 0.733. The molecule has 5 atom stereocenters. The number of aliphatic hydroxyl groups is 1. The van der Waals surface area contributed by atoms with E-state index in [1.54, 1.807) is 0 Å². The van der Waals surface area contributed by atoms with Crippen LogP contribution in [0.1, 0.15) is 101 Å². The van der Waals surface area contributed by atoms with Gasteiger partial charge in [0, 0.05) is 5.56 Å². The molecule has 0 saturated heterocycles. The van der Waals surface area contributed by atoms with Crippen LogP contribution in [0.5, 0.6) is 5.75 Å². The van der Waals surface area contributed by atoms with Gasteiger partial charge in [-0.3, -0.25) is 0 Å². The Morgan fingerprint density at radius 3 is 2.68 bits per heavy atom. The monoisotopic (exact) mass is 516 g/mol. The highest BCUT2D eigenvalue weighted by Gasteiger charge is 2.44. The molecule has 0 radical (unpaired) electrons. The van der Waals surface area contributed by atoms with E-state index in [-0.39, 0.29) is 30.8 Å². The maximum atomic E-state index is 12.6. The van der Waals surface area contributed by atoms with Gasteiger partial charge >= 0.3 is 12.1 Å². The highest BCUT2D eigenvalue weighted by molar-refractivity contribution is 5.71. The summed E-state index contributed by atoms with van der Waals surface area (Å²) in [6.07, 6.45) is 11.1. The molecule has 0 amide bonds. The summed E-state index contributed by atoms with van der Waals surface area (Å²) in [5, 5.41) is 10.5. The quantitative estimate of drug-likeness (QED) is 0.265. The summed E-state index contributed by atoms with van der Waals surface area (Å²) in [6, 6.07) is 6.04. The third kappa shape index (κ3) is 7.40. The van der Waals surface area contributed by atoms with Crippen LogP contribution in [0.4, 0.5) is 4.79 Å². The first-order valence-electron chi connectivity index (χ1n) is 14.3. The molecule has 2 fully saturated rings. The van der Waals surface area contributed by atoms with E-state index < -0.39 is 12.1 Å². The Morgan fingerprint density at radius 1 is 1.11 bits per heavy atom. The second kappa shape index (κ2) is 13.5. The van der Waals surface area contributed by atoms with Crippen molar-refractivity contribution < 1.29 is 33.6 Å². The molecule has 4 rings (SSSR count). The van der Waals surface area contributed by atoms with Crippen LogP contribution in [0.25, 0.3) is 0 Å². The number of carbonyl (C=O) groups is 2. The minimum atomic E-state index is -0.534. The van der Waals surface area contributed by atoms with Crippen LogP contribution in [0.3, 0.4) is 0 Å². The molecule has 5 unspecified atom stereocenters. The number of hydrogen-bond acceptors (Lipinski definition) is 7. The van der Waals surface area contributed by atoms with Crippen LogP contribution in [0.15, 0.2) is 18.2 Å². The van der Waals surface area contributed by atoms with E-state index in [1.165, 1.54) is 12.7 Å². The molecule has 1 N–H and O–H groups in total. The Labute approximate surface area is 221 Å².